The molecule has 0 bridgehead atoms. The fourth-order valence-corrected chi connectivity index (χ4v) is 6.74. The van der Waals surface area contributed by atoms with Gasteiger partial charge in [-0.05, 0) is 24.3 Å². The summed E-state index contributed by atoms with van der Waals surface area (Å²) in [6, 6.07) is 5.55. The van der Waals surface area contributed by atoms with Gasteiger partial charge in [-0.2, -0.15) is 0 Å². The molecule has 20 nitrogen and oxygen atoms in total. The molecule has 5 amide bonds. The van der Waals surface area contributed by atoms with Crippen molar-refractivity contribution in [1.29, 1.82) is 0 Å². The fraction of sp³-hybridized carbons (Fsp3) is 0.634. The number of aromatic nitrogens is 2. The van der Waals surface area contributed by atoms with Crippen LogP contribution >= 0.6 is 63.7 Å². The Hall–Kier alpha value is -2.75. The van der Waals surface area contributed by atoms with Crippen molar-refractivity contribution in [2.75, 3.05) is 119 Å². The number of pyridine rings is 2. The van der Waals surface area contributed by atoms with E-state index in [0.717, 1.165) is 0 Å². The van der Waals surface area contributed by atoms with Gasteiger partial charge in [0.25, 0.3) is 11.8 Å². The van der Waals surface area contributed by atoms with E-state index < -0.39 is 41.5 Å². The van der Waals surface area contributed by atoms with Gasteiger partial charge in [-0.3, -0.25) is 33.9 Å². The molecule has 9 N–H and O–H groups in total. The highest BCUT2D eigenvalue weighted by molar-refractivity contribution is 9.09. The van der Waals surface area contributed by atoms with Crippen LogP contribution in [0.25, 0.3) is 0 Å². The number of halogens is 4. The first kappa shape index (κ1) is 58.4. The van der Waals surface area contributed by atoms with E-state index in [1.165, 1.54) is 0 Å². The Kier molecular flexibility index (Phi) is 33.5. The maximum Gasteiger partial charge on any atom is 0.251 e. The van der Waals surface area contributed by atoms with Crippen molar-refractivity contribution in [3.63, 3.8) is 0 Å². The third kappa shape index (κ3) is 27.0. The minimum absolute atomic E-state index is 0.166. The van der Waals surface area contributed by atoms with Gasteiger partial charge in [-0.15, -0.1) is 0 Å². The van der Waals surface area contributed by atoms with Gasteiger partial charge in [-0.25, -0.2) is 0 Å². The highest BCUT2D eigenvalue weighted by Crippen LogP contribution is 2.14. The van der Waals surface area contributed by atoms with Crippen molar-refractivity contribution in [3.8, 4) is 0 Å². The Bertz CT molecular complexity index is 1550. The molecule has 2 rings (SSSR count). The lowest BCUT2D eigenvalue weighted by Crippen LogP contribution is -2.49. The lowest BCUT2D eigenvalue weighted by Gasteiger charge is -2.23. The summed E-state index contributed by atoms with van der Waals surface area (Å²) >= 11 is 13.5. The van der Waals surface area contributed by atoms with Crippen LogP contribution in [-0.2, 0) is 64.1 Å². The number of rotatable bonds is 38. The average molecular weight is 1180 g/mol. The number of nitrogens with zero attached hydrogens (tertiary/aromatic N) is 2. The first-order valence-electron chi connectivity index (χ1n) is 21.1. The van der Waals surface area contributed by atoms with Crippen LogP contribution < -0.4 is 38.1 Å². The van der Waals surface area contributed by atoms with Crippen LogP contribution in [0.5, 0.6) is 0 Å². The number of amides is 5. The van der Waals surface area contributed by atoms with Crippen molar-refractivity contribution in [1.82, 2.24) is 36.6 Å². The number of ether oxygens (including phenoxy) is 6. The second-order valence-electron chi connectivity index (χ2n) is 13.9. The minimum Gasteiger partial charge on any atom is -0.378 e. The number of nitrogens with one attached hydrogen (secondary N) is 5. The van der Waals surface area contributed by atoms with Crippen LogP contribution in [0, 0.1) is 5.92 Å². The lowest BCUT2D eigenvalue weighted by molar-refractivity contribution is -0.127. The fourth-order valence-electron chi connectivity index (χ4n) is 5.59. The second kappa shape index (κ2) is 37.3. The van der Waals surface area contributed by atoms with Gasteiger partial charge >= 0.3 is 0 Å². The topological polar surface area (TPSA) is 279 Å². The highest BCUT2D eigenvalue weighted by Gasteiger charge is 2.27. The van der Waals surface area contributed by atoms with Crippen LogP contribution in [0.3, 0.4) is 0 Å². The van der Waals surface area contributed by atoms with E-state index in [1.54, 1.807) is 24.3 Å². The summed E-state index contributed by atoms with van der Waals surface area (Å²) in [5.41, 5.74) is 14.0. The maximum atomic E-state index is 14.1. The van der Waals surface area contributed by atoms with Gasteiger partial charge in [0, 0.05) is 90.6 Å². The van der Waals surface area contributed by atoms with Crippen molar-refractivity contribution in [2.45, 2.75) is 40.2 Å². The van der Waals surface area contributed by atoms with E-state index in [4.69, 9.17) is 39.9 Å². The quantitative estimate of drug-likeness (QED) is 0.0369. The van der Waals surface area contributed by atoms with Crippen LogP contribution in [0.4, 0.5) is 0 Å². The number of carbonyl (C=O) groups excluding carboxylic acids is 5. The van der Waals surface area contributed by atoms with Crippen LogP contribution in [0.15, 0.2) is 24.3 Å². The van der Waals surface area contributed by atoms with E-state index in [2.05, 4.69) is 100 Å². The molecule has 0 saturated heterocycles. The smallest absolute Gasteiger partial charge is 0.251 e. The molecule has 0 aliphatic rings. The Morgan fingerprint density at radius 3 is 1.14 bits per heavy atom. The van der Waals surface area contributed by atoms with Gasteiger partial charge in [0.15, 0.2) is 0 Å². The Morgan fingerprint density at radius 2 is 0.815 bits per heavy atom. The third-order valence-electron chi connectivity index (χ3n) is 8.68. The number of alkyl halides is 4. The zero-order valence-electron chi connectivity index (χ0n) is 36.5. The molecule has 0 fully saturated rings. The molecule has 0 atom stereocenters. The number of hydrogen-bond acceptors (Lipinski definition) is 15. The number of hydrogen-bond donors (Lipinski definition) is 7. The zero-order valence-corrected chi connectivity index (χ0v) is 42.8. The SMILES string of the molecule is NCCOCCOCCOCCNC(=O)CC(CC(=O)NCCOCCOCCOCCN)NC(=O)C(CNC(=O)c1cc(CBr)nc(CBr)c1)CNC(=O)c1cc(CBr)nc(CBr)c1. The molecular formula is C41H63Br4N9O11. The number of nitrogens with two attached hydrogens (primary N) is 2. The van der Waals surface area contributed by atoms with E-state index in [0.29, 0.717) is 134 Å². The van der Waals surface area contributed by atoms with Crippen molar-refractivity contribution in [3.05, 3.63) is 58.2 Å². The van der Waals surface area contributed by atoms with E-state index in [9.17, 15) is 24.0 Å². The summed E-state index contributed by atoms with van der Waals surface area (Å²) in [7, 11) is 0. The van der Waals surface area contributed by atoms with Gasteiger partial charge in [-0.1, -0.05) is 63.7 Å². The summed E-state index contributed by atoms with van der Waals surface area (Å²) in [6.45, 7) is 5.03. The third-order valence-corrected chi connectivity index (χ3v) is 11.0. The monoisotopic (exact) mass is 1170 g/mol. The van der Waals surface area contributed by atoms with Crippen molar-refractivity contribution < 1.29 is 52.4 Å². The van der Waals surface area contributed by atoms with E-state index in [1.807, 2.05) is 0 Å². The van der Waals surface area contributed by atoms with Gasteiger partial charge in [0.1, 0.15) is 0 Å². The molecule has 366 valence electrons. The predicted octanol–water partition coefficient (Wildman–Crippen LogP) is 1.35. The highest BCUT2D eigenvalue weighted by atomic mass is 79.9. The molecular weight excluding hydrogens is 1110 g/mol. The second-order valence-corrected chi connectivity index (χ2v) is 16.1. The summed E-state index contributed by atoms with van der Waals surface area (Å²) < 4.78 is 32.5. The summed E-state index contributed by atoms with van der Waals surface area (Å²) in [5.74, 6) is -3.47. The largest absolute Gasteiger partial charge is 0.378 e. The standard InChI is InChI=1S/C41H63Br4N9O11/c42-23-33-17-29(18-34(24-43)52-33)39(57)50-27-31(28-51-40(58)30-19-35(25-44)53-36(20-30)26-45)41(59)54-32(21-37(55)48-3-7-62-11-15-64-13-9-60-5-1-46)22-38(56)49-4-8-63-12-16-65-14-10-61-6-2-47/h17-20,31-32H,1-16,21-28,46-47H2,(H,48,55)(H,49,56)(H,50,57)(H,51,58)(H,54,59). The van der Waals surface area contributed by atoms with Crippen LogP contribution in [0.2, 0.25) is 0 Å². The average Bonchev–Trinajstić information content (AvgIpc) is 3.31. The first-order valence-corrected chi connectivity index (χ1v) is 25.6. The molecule has 2 aromatic heterocycles. The maximum absolute atomic E-state index is 14.1. The molecule has 24 heteroatoms. The zero-order chi connectivity index (χ0) is 47.5. The summed E-state index contributed by atoms with van der Waals surface area (Å²) in [4.78, 5) is 76.3. The van der Waals surface area contributed by atoms with Crippen LogP contribution in [-0.4, -0.2) is 164 Å². The Balaban J connectivity index is 2.15. The molecule has 65 heavy (non-hydrogen) atoms. The normalized spacial score (nSPS) is 11.2. The number of carbonyl (C=O) groups is 5. The molecule has 0 aromatic carbocycles. The molecule has 0 aliphatic carbocycles. The molecule has 0 unspecified atom stereocenters. The molecule has 0 radical (unpaired) electrons. The molecule has 0 saturated carbocycles. The minimum atomic E-state index is -1.04. The first-order chi connectivity index (χ1) is 31.6. The van der Waals surface area contributed by atoms with E-state index >= 15 is 0 Å². The Labute approximate surface area is 414 Å². The van der Waals surface area contributed by atoms with E-state index in [-0.39, 0.29) is 52.2 Å². The molecule has 2 aromatic rings. The van der Waals surface area contributed by atoms with Gasteiger partial charge in [0.05, 0.1) is 108 Å². The van der Waals surface area contributed by atoms with Crippen molar-refractivity contribution in [2.24, 2.45) is 17.4 Å². The van der Waals surface area contributed by atoms with Gasteiger partial charge < -0.3 is 66.5 Å². The molecule has 2 heterocycles. The van der Waals surface area contributed by atoms with Crippen LogP contribution in [0.1, 0.15) is 56.3 Å². The van der Waals surface area contributed by atoms with Crippen molar-refractivity contribution >= 4 is 93.3 Å². The molecule has 0 spiro atoms. The summed E-state index contributed by atoms with van der Waals surface area (Å²) in [6.07, 6.45) is -0.523. The molecule has 0 aliphatic heterocycles. The Morgan fingerprint density at radius 1 is 0.492 bits per heavy atom. The van der Waals surface area contributed by atoms with Gasteiger partial charge in [0.2, 0.25) is 17.7 Å². The summed E-state index contributed by atoms with van der Waals surface area (Å²) in [5, 5.41) is 15.6. The predicted molar refractivity (Wildman–Crippen MR) is 257 cm³/mol. The lowest BCUT2D eigenvalue weighted by atomic mass is 10.0.